The number of aryl methyl sites for hydroxylation is 2. The molecule has 0 radical (unpaired) electrons. The molecular formula is C29H33ClN2O3. The molecule has 0 saturated carbocycles. The van der Waals surface area contributed by atoms with Crippen molar-refractivity contribution in [3.63, 3.8) is 0 Å². The Kier molecular flexibility index (Phi) is 9.74. The molecule has 0 fully saturated rings. The summed E-state index contributed by atoms with van der Waals surface area (Å²) in [6.45, 7) is 6.59. The number of nitrogens with zero attached hydrogens (tertiary/aromatic N) is 1. The average molecular weight is 493 g/mol. The minimum Gasteiger partial charge on any atom is -0.484 e. The zero-order chi connectivity index (χ0) is 25.2. The normalized spacial score (nSPS) is 11.5. The molecule has 6 heteroatoms. The fraction of sp³-hybridized carbons (Fsp3) is 0.310. The lowest BCUT2D eigenvalue weighted by Crippen LogP contribution is -2.51. The van der Waals surface area contributed by atoms with Crippen molar-refractivity contribution < 1.29 is 14.3 Å². The van der Waals surface area contributed by atoms with Gasteiger partial charge in [-0.15, -0.1) is 0 Å². The van der Waals surface area contributed by atoms with Gasteiger partial charge in [0.2, 0.25) is 5.91 Å². The summed E-state index contributed by atoms with van der Waals surface area (Å²) in [6, 6.07) is 22.2. The van der Waals surface area contributed by atoms with Crippen molar-refractivity contribution in [2.45, 2.75) is 46.2 Å². The van der Waals surface area contributed by atoms with Crippen molar-refractivity contribution in [2.75, 3.05) is 13.2 Å². The van der Waals surface area contributed by atoms with E-state index in [1.807, 2.05) is 87.5 Å². The van der Waals surface area contributed by atoms with E-state index in [9.17, 15) is 9.59 Å². The summed E-state index contributed by atoms with van der Waals surface area (Å²) >= 11 is 6.21. The van der Waals surface area contributed by atoms with Gasteiger partial charge in [-0.3, -0.25) is 9.59 Å². The number of carbonyl (C=O) groups is 2. The zero-order valence-electron chi connectivity index (χ0n) is 20.6. The maximum atomic E-state index is 13.6. The van der Waals surface area contributed by atoms with E-state index in [-0.39, 0.29) is 25.0 Å². The van der Waals surface area contributed by atoms with E-state index in [2.05, 4.69) is 5.32 Å². The number of carbonyl (C=O) groups excluding carboxylic acids is 2. The van der Waals surface area contributed by atoms with Crippen molar-refractivity contribution in [3.05, 3.63) is 100 Å². The van der Waals surface area contributed by atoms with Crippen LogP contribution in [-0.4, -0.2) is 35.9 Å². The zero-order valence-corrected chi connectivity index (χ0v) is 21.3. The molecule has 0 unspecified atom stereocenters. The Morgan fingerprint density at radius 2 is 1.63 bits per heavy atom. The van der Waals surface area contributed by atoms with Crippen LogP contribution in [0.15, 0.2) is 72.8 Å². The minimum absolute atomic E-state index is 0.171. The predicted octanol–water partition coefficient (Wildman–Crippen LogP) is 5.50. The monoisotopic (exact) mass is 492 g/mol. The van der Waals surface area contributed by atoms with Crippen LogP contribution in [0.3, 0.4) is 0 Å². The molecule has 0 spiro atoms. The van der Waals surface area contributed by atoms with Crippen molar-refractivity contribution >= 4 is 23.4 Å². The number of ether oxygens (including phenoxy) is 1. The Morgan fingerprint density at radius 1 is 0.943 bits per heavy atom. The van der Waals surface area contributed by atoms with E-state index in [1.165, 1.54) is 0 Å². The first-order chi connectivity index (χ1) is 16.9. The Bertz CT molecular complexity index is 1110. The third-order valence-electron chi connectivity index (χ3n) is 5.62. The molecule has 3 aromatic rings. The van der Waals surface area contributed by atoms with Gasteiger partial charge in [0.05, 0.1) is 0 Å². The molecule has 0 bridgehead atoms. The van der Waals surface area contributed by atoms with Crippen molar-refractivity contribution in [2.24, 2.45) is 0 Å². The maximum absolute atomic E-state index is 13.6. The first-order valence-electron chi connectivity index (χ1n) is 11.9. The van der Waals surface area contributed by atoms with E-state index >= 15 is 0 Å². The molecule has 1 N–H and O–H groups in total. The number of benzene rings is 3. The van der Waals surface area contributed by atoms with Gasteiger partial charge < -0.3 is 15.0 Å². The van der Waals surface area contributed by atoms with E-state index < -0.39 is 6.04 Å². The Morgan fingerprint density at radius 3 is 2.29 bits per heavy atom. The number of amides is 2. The van der Waals surface area contributed by atoms with Crippen LogP contribution >= 0.6 is 11.6 Å². The molecule has 0 heterocycles. The van der Waals surface area contributed by atoms with Gasteiger partial charge in [0.1, 0.15) is 11.8 Å². The molecule has 1 atom stereocenters. The van der Waals surface area contributed by atoms with Crippen LogP contribution in [0.4, 0.5) is 0 Å². The van der Waals surface area contributed by atoms with Gasteiger partial charge in [-0.05, 0) is 66.8 Å². The molecule has 0 aromatic heterocycles. The van der Waals surface area contributed by atoms with E-state index in [4.69, 9.17) is 16.3 Å². The van der Waals surface area contributed by atoms with Gasteiger partial charge in [-0.1, -0.05) is 67.1 Å². The Balaban J connectivity index is 1.90. The van der Waals surface area contributed by atoms with Gasteiger partial charge >= 0.3 is 0 Å². The van der Waals surface area contributed by atoms with E-state index in [0.717, 1.165) is 28.7 Å². The lowest BCUT2D eigenvalue weighted by molar-refractivity contribution is -0.142. The van der Waals surface area contributed by atoms with Gasteiger partial charge in [-0.25, -0.2) is 0 Å². The molecule has 35 heavy (non-hydrogen) atoms. The quantitative estimate of drug-likeness (QED) is 0.384. The average Bonchev–Trinajstić information content (AvgIpc) is 2.83. The second-order valence-electron chi connectivity index (χ2n) is 8.76. The van der Waals surface area contributed by atoms with Crippen LogP contribution in [-0.2, 0) is 22.6 Å². The summed E-state index contributed by atoms with van der Waals surface area (Å²) in [5.41, 5.74) is 3.94. The molecule has 2 amide bonds. The number of rotatable bonds is 11. The second kappa shape index (κ2) is 13.0. The fourth-order valence-corrected chi connectivity index (χ4v) is 4.21. The highest BCUT2D eigenvalue weighted by atomic mass is 35.5. The molecule has 0 saturated heterocycles. The maximum Gasteiger partial charge on any atom is 0.261 e. The molecule has 184 valence electrons. The summed E-state index contributed by atoms with van der Waals surface area (Å²) in [7, 11) is 0. The van der Waals surface area contributed by atoms with Crippen molar-refractivity contribution in [1.29, 1.82) is 0 Å². The van der Waals surface area contributed by atoms with Crippen LogP contribution in [0.1, 0.15) is 35.6 Å². The third kappa shape index (κ3) is 8.15. The molecular weight excluding hydrogens is 460 g/mol. The van der Waals surface area contributed by atoms with Gasteiger partial charge in [0.15, 0.2) is 6.61 Å². The minimum atomic E-state index is -0.696. The van der Waals surface area contributed by atoms with Crippen LogP contribution in [0.5, 0.6) is 5.75 Å². The summed E-state index contributed by atoms with van der Waals surface area (Å²) in [4.78, 5) is 28.5. The van der Waals surface area contributed by atoms with Crippen LogP contribution in [0, 0.1) is 13.8 Å². The van der Waals surface area contributed by atoms with Gasteiger partial charge in [0.25, 0.3) is 5.91 Å². The van der Waals surface area contributed by atoms with Crippen LogP contribution in [0.2, 0.25) is 5.02 Å². The highest BCUT2D eigenvalue weighted by Crippen LogP contribution is 2.19. The van der Waals surface area contributed by atoms with Crippen LogP contribution < -0.4 is 10.1 Å². The Hall–Kier alpha value is -3.31. The molecule has 0 aliphatic heterocycles. The van der Waals surface area contributed by atoms with Gasteiger partial charge in [-0.2, -0.15) is 0 Å². The summed E-state index contributed by atoms with van der Waals surface area (Å²) in [5, 5.41) is 3.55. The Labute approximate surface area is 213 Å². The lowest BCUT2D eigenvalue weighted by Gasteiger charge is -2.31. The summed E-state index contributed by atoms with van der Waals surface area (Å²) in [5.74, 6) is 0.183. The number of hydrogen-bond donors (Lipinski definition) is 1. The van der Waals surface area contributed by atoms with E-state index in [0.29, 0.717) is 23.7 Å². The predicted molar refractivity (Wildman–Crippen MR) is 141 cm³/mol. The van der Waals surface area contributed by atoms with Crippen LogP contribution in [0.25, 0.3) is 0 Å². The topological polar surface area (TPSA) is 58.6 Å². The molecule has 3 rings (SSSR count). The number of halogens is 1. The molecule has 3 aromatic carbocycles. The van der Waals surface area contributed by atoms with Crippen molar-refractivity contribution in [3.8, 4) is 5.75 Å². The molecule has 0 aliphatic carbocycles. The number of nitrogens with one attached hydrogen (secondary N) is 1. The third-order valence-corrected chi connectivity index (χ3v) is 5.85. The highest BCUT2D eigenvalue weighted by Gasteiger charge is 2.30. The highest BCUT2D eigenvalue weighted by molar-refractivity contribution is 6.30. The standard InChI is InChI=1S/C29H33ClN2O3/c1-4-13-31-29(34)27(18-23-9-6-5-7-10-23)32(19-24-11-8-12-25(30)17-24)28(33)20-35-26-15-21(2)14-22(3)16-26/h5-12,14-17,27H,4,13,18-20H2,1-3H3,(H,31,34)/t27-/m1/s1. The molecule has 5 nitrogen and oxygen atoms in total. The first-order valence-corrected chi connectivity index (χ1v) is 12.3. The smallest absolute Gasteiger partial charge is 0.261 e. The fourth-order valence-electron chi connectivity index (χ4n) is 4.00. The largest absolute Gasteiger partial charge is 0.484 e. The van der Waals surface area contributed by atoms with Gasteiger partial charge in [0, 0.05) is 24.5 Å². The summed E-state index contributed by atoms with van der Waals surface area (Å²) < 4.78 is 5.88. The van der Waals surface area contributed by atoms with Crippen molar-refractivity contribution in [1.82, 2.24) is 10.2 Å². The van der Waals surface area contributed by atoms with E-state index in [1.54, 1.807) is 11.0 Å². The summed E-state index contributed by atoms with van der Waals surface area (Å²) in [6.07, 6.45) is 1.20. The SMILES string of the molecule is CCCNC(=O)[C@@H](Cc1ccccc1)N(Cc1cccc(Cl)c1)C(=O)COc1cc(C)cc(C)c1. The lowest BCUT2D eigenvalue weighted by atomic mass is 10.0. The first kappa shape index (κ1) is 26.3. The molecule has 0 aliphatic rings. The number of hydrogen-bond acceptors (Lipinski definition) is 3. The second-order valence-corrected chi connectivity index (χ2v) is 9.20.